The van der Waals surface area contributed by atoms with Crippen molar-refractivity contribution < 1.29 is 8.42 Å². The number of rotatable bonds is 5. The smallest absolute Gasteiger partial charge is 0.241 e. The lowest BCUT2D eigenvalue weighted by Crippen LogP contribution is -2.28. The van der Waals surface area contributed by atoms with Crippen molar-refractivity contribution in [2.75, 3.05) is 6.54 Å². The molecule has 0 aliphatic carbocycles. The van der Waals surface area contributed by atoms with Crippen LogP contribution in [0.2, 0.25) is 0 Å². The first-order valence-electron chi connectivity index (χ1n) is 9.12. The van der Waals surface area contributed by atoms with Gasteiger partial charge in [0.25, 0.3) is 0 Å². The van der Waals surface area contributed by atoms with Gasteiger partial charge in [-0.05, 0) is 48.1 Å². The number of pyridine rings is 1. The average molecular weight is 386 g/mol. The summed E-state index contributed by atoms with van der Waals surface area (Å²) in [6.07, 6.45) is 4.40. The van der Waals surface area contributed by atoms with Gasteiger partial charge in [0.05, 0.1) is 10.6 Å². The van der Waals surface area contributed by atoms with Gasteiger partial charge in [-0.1, -0.05) is 39.0 Å². The largest absolute Gasteiger partial charge is 0.307 e. The summed E-state index contributed by atoms with van der Waals surface area (Å²) in [4.78, 5) is 4.89. The van der Waals surface area contributed by atoms with Gasteiger partial charge in [0.15, 0.2) is 0 Å². The minimum atomic E-state index is -3.57. The number of hydrogen-bond acceptors (Lipinski definition) is 3. The van der Waals surface area contributed by atoms with Crippen LogP contribution in [0.5, 0.6) is 0 Å². The zero-order valence-electron chi connectivity index (χ0n) is 16.6. The lowest BCUT2D eigenvalue weighted by atomic mass is 9.85. The number of aromatic nitrogens is 2. The zero-order chi connectivity index (χ0) is 19.8. The van der Waals surface area contributed by atoms with E-state index in [0.717, 1.165) is 28.0 Å². The molecule has 0 saturated carbocycles. The molecule has 0 aliphatic rings. The molecule has 0 unspecified atom stereocenters. The van der Waals surface area contributed by atoms with Crippen molar-refractivity contribution in [2.45, 2.75) is 51.3 Å². The van der Waals surface area contributed by atoms with Crippen molar-refractivity contribution in [2.24, 2.45) is 0 Å². The number of sulfonamides is 1. The Bertz CT molecular complexity index is 1020. The first-order valence-corrected chi connectivity index (χ1v) is 10.6. The van der Waals surface area contributed by atoms with E-state index >= 15 is 0 Å². The van der Waals surface area contributed by atoms with Gasteiger partial charge in [0.1, 0.15) is 5.65 Å². The lowest BCUT2D eigenvalue weighted by Gasteiger charge is -2.22. The van der Waals surface area contributed by atoms with Crippen LogP contribution in [-0.4, -0.2) is 24.3 Å². The molecule has 3 aromatic rings. The van der Waals surface area contributed by atoms with Gasteiger partial charge >= 0.3 is 0 Å². The van der Waals surface area contributed by atoms with Crippen LogP contribution in [0.25, 0.3) is 5.65 Å². The van der Waals surface area contributed by atoms with Gasteiger partial charge in [-0.15, -0.1) is 0 Å². The molecule has 1 N–H and O–H groups in total. The molecule has 3 rings (SSSR count). The van der Waals surface area contributed by atoms with Crippen molar-refractivity contribution >= 4 is 15.7 Å². The number of imidazole rings is 1. The van der Waals surface area contributed by atoms with Crippen LogP contribution in [0.1, 0.15) is 43.2 Å². The molecule has 0 fully saturated rings. The number of aryl methyl sites for hydroxylation is 2. The maximum absolute atomic E-state index is 12.9. The van der Waals surface area contributed by atoms with E-state index in [0.29, 0.717) is 17.9 Å². The fraction of sp³-hybridized carbons (Fsp3) is 0.381. The number of nitrogens with zero attached hydrogens (tertiary/aromatic N) is 2. The average Bonchev–Trinajstić information content (AvgIpc) is 2.95. The van der Waals surface area contributed by atoms with E-state index in [1.54, 1.807) is 0 Å². The van der Waals surface area contributed by atoms with E-state index in [1.165, 1.54) is 0 Å². The van der Waals surface area contributed by atoms with Gasteiger partial charge in [-0.3, -0.25) is 0 Å². The number of fused-ring (bicyclic) bond motifs is 1. The van der Waals surface area contributed by atoms with E-state index in [1.807, 2.05) is 61.0 Å². The lowest BCUT2D eigenvalue weighted by molar-refractivity contribution is 0.576. The number of hydrogen-bond donors (Lipinski definition) is 1. The normalized spacial score (nSPS) is 12.6. The minimum Gasteiger partial charge on any atom is -0.307 e. The van der Waals surface area contributed by atoms with E-state index in [2.05, 4.69) is 30.5 Å². The fourth-order valence-electron chi connectivity index (χ4n) is 3.30. The second-order valence-corrected chi connectivity index (χ2v) is 9.74. The summed E-state index contributed by atoms with van der Waals surface area (Å²) in [7, 11) is -3.57. The van der Waals surface area contributed by atoms with E-state index < -0.39 is 10.0 Å². The maximum Gasteiger partial charge on any atom is 0.241 e. The summed E-state index contributed by atoms with van der Waals surface area (Å²) in [6, 6.07) is 9.75. The summed E-state index contributed by atoms with van der Waals surface area (Å²) >= 11 is 0. The van der Waals surface area contributed by atoms with Gasteiger partial charge in [0.2, 0.25) is 10.0 Å². The molecule has 0 atom stereocenters. The van der Waals surface area contributed by atoms with Crippen molar-refractivity contribution in [1.82, 2.24) is 14.1 Å². The predicted octanol–water partition coefficient (Wildman–Crippen LogP) is 3.77. The highest BCUT2D eigenvalue weighted by atomic mass is 32.2. The van der Waals surface area contributed by atoms with Crippen molar-refractivity contribution in [3.8, 4) is 0 Å². The molecule has 5 nitrogen and oxygen atoms in total. The first kappa shape index (κ1) is 19.6. The monoisotopic (exact) mass is 385 g/mol. The zero-order valence-corrected chi connectivity index (χ0v) is 17.4. The minimum absolute atomic E-state index is 0.0195. The summed E-state index contributed by atoms with van der Waals surface area (Å²) in [5.41, 5.74) is 4.40. The van der Waals surface area contributed by atoms with Crippen LogP contribution in [0.4, 0.5) is 0 Å². The summed E-state index contributed by atoms with van der Waals surface area (Å²) in [5, 5.41) is 0. The molecule has 0 spiro atoms. The van der Waals surface area contributed by atoms with Crippen molar-refractivity contribution in [1.29, 1.82) is 0 Å². The van der Waals surface area contributed by atoms with Crippen molar-refractivity contribution in [3.05, 3.63) is 65.1 Å². The molecule has 0 bridgehead atoms. The van der Waals surface area contributed by atoms with Gasteiger partial charge in [-0.2, -0.15) is 0 Å². The molecule has 144 valence electrons. The Balaban J connectivity index is 1.76. The van der Waals surface area contributed by atoms with E-state index in [-0.39, 0.29) is 5.41 Å². The third-order valence-electron chi connectivity index (χ3n) is 4.68. The van der Waals surface area contributed by atoms with Crippen LogP contribution in [0.3, 0.4) is 0 Å². The standard InChI is InChI=1S/C21H27N3O2S/c1-15-12-17(21(3,4)5)13-16(2)20(15)27(25,26)22-10-9-18-14-24-11-7-6-8-19(24)23-18/h6-8,11-14,22H,9-10H2,1-5H3. The molecular formula is C21H27N3O2S. The predicted molar refractivity (Wildman–Crippen MR) is 109 cm³/mol. The van der Waals surface area contributed by atoms with Crippen LogP contribution >= 0.6 is 0 Å². The van der Waals surface area contributed by atoms with E-state index in [9.17, 15) is 8.42 Å². The summed E-state index contributed by atoms with van der Waals surface area (Å²) in [6.45, 7) is 10.4. The molecule has 2 heterocycles. The van der Waals surface area contributed by atoms with Crippen LogP contribution in [0.15, 0.2) is 47.6 Å². The van der Waals surface area contributed by atoms with Gasteiger partial charge in [0, 0.05) is 25.4 Å². The Morgan fingerprint density at radius 2 is 1.78 bits per heavy atom. The molecule has 2 aromatic heterocycles. The van der Waals surface area contributed by atoms with Crippen LogP contribution < -0.4 is 4.72 Å². The molecule has 1 aromatic carbocycles. The fourth-order valence-corrected chi connectivity index (χ4v) is 4.78. The Labute approximate surface area is 161 Å². The summed E-state index contributed by atoms with van der Waals surface area (Å²) < 4.78 is 30.4. The Morgan fingerprint density at radius 1 is 1.11 bits per heavy atom. The Hall–Kier alpha value is -2.18. The number of benzene rings is 1. The quantitative estimate of drug-likeness (QED) is 0.727. The number of nitrogens with one attached hydrogen (secondary N) is 1. The maximum atomic E-state index is 12.9. The topological polar surface area (TPSA) is 63.5 Å². The van der Waals surface area contributed by atoms with Gasteiger partial charge in [-0.25, -0.2) is 18.1 Å². The van der Waals surface area contributed by atoms with Gasteiger partial charge < -0.3 is 4.40 Å². The molecule has 6 heteroatoms. The third-order valence-corrected chi connectivity index (χ3v) is 6.45. The van der Waals surface area contributed by atoms with Crippen LogP contribution in [-0.2, 0) is 21.9 Å². The molecule has 0 aliphatic heterocycles. The Kier molecular flexibility index (Phi) is 5.14. The Morgan fingerprint density at radius 3 is 2.37 bits per heavy atom. The highest BCUT2D eigenvalue weighted by Gasteiger charge is 2.23. The SMILES string of the molecule is Cc1cc(C(C)(C)C)cc(C)c1S(=O)(=O)NCCc1cn2ccccc2n1. The second-order valence-electron chi connectivity index (χ2n) is 8.04. The molecule has 27 heavy (non-hydrogen) atoms. The molecule has 0 saturated heterocycles. The van der Waals surface area contributed by atoms with E-state index in [4.69, 9.17) is 0 Å². The summed E-state index contributed by atoms with van der Waals surface area (Å²) in [5.74, 6) is 0. The first-order chi connectivity index (χ1) is 12.6. The third kappa shape index (κ3) is 4.22. The van der Waals surface area contributed by atoms with Crippen LogP contribution in [0, 0.1) is 13.8 Å². The highest BCUT2D eigenvalue weighted by molar-refractivity contribution is 7.89. The van der Waals surface area contributed by atoms with Crippen molar-refractivity contribution in [3.63, 3.8) is 0 Å². The molecule has 0 amide bonds. The molecule has 0 radical (unpaired) electrons. The second kappa shape index (κ2) is 7.09. The molecular weight excluding hydrogens is 358 g/mol. The highest BCUT2D eigenvalue weighted by Crippen LogP contribution is 2.29.